The van der Waals surface area contributed by atoms with Gasteiger partial charge in [0.05, 0.1) is 11.7 Å². The molecule has 116 valence electrons. The molecule has 0 bridgehead atoms. The summed E-state index contributed by atoms with van der Waals surface area (Å²) >= 11 is 1.41. The monoisotopic (exact) mass is 323 g/mol. The molecule has 0 unspecified atom stereocenters. The number of rotatable bonds is 3. The van der Waals surface area contributed by atoms with Crippen LogP contribution in [0.25, 0.3) is 10.8 Å². The van der Waals surface area contributed by atoms with Crippen molar-refractivity contribution in [1.82, 2.24) is 14.9 Å². The molecule has 5 heteroatoms. The van der Waals surface area contributed by atoms with Crippen molar-refractivity contribution in [3.05, 3.63) is 58.8 Å². The van der Waals surface area contributed by atoms with Gasteiger partial charge in [0.15, 0.2) is 0 Å². The number of carbonyl (C=O) groups excluding carboxylic acids is 1. The van der Waals surface area contributed by atoms with E-state index in [4.69, 9.17) is 0 Å². The van der Waals surface area contributed by atoms with E-state index in [0.717, 1.165) is 30.8 Å². The number of aromatic nitrogens is 2. The molecule has 1 aliphatic heterocycles. The lowest BCUT2D eigenvalue weighted by Crippen LogP contribution is -2.28. The molecule has 0 N–H and O–H groups in total. The van der Waals surface area contributed by atoms with Gasteiger partial charge >= 0.3 is 0 Å². The van der Waals surface area contributed by atoms with Crippen molar-refractivity contribution in [3.8, 4) is 0 Å². The first-order chi connectivity index (χ1) is 11.3. The molecule has 0 aliphatic carbocycles. The van der Waals surface area contributed by atoms with Crippen LogP contribution >= 0.6 is 11.3 Å². The molecule has 0 saturated carbocycles. The van der Waals surface area contributed by atoms with Crippen molar-refractivity contribution in [2.45, 2.75) is 12.8 Å². The fourth-order valence-corrected chi connectivity index (χ4v) is 3.90. The molecule has 2 aromatic heterocycles. The first-order valence-corrected chi connectivity index (χ1v) is 8.68. The number of amides is 1. The van der Waals surface area contributed by atoms with E-state index in [-0.39, 0.29) is 5.91 Å². The summed E-state index contributed by atoms with van der Waals surface area (Å²) in [4.78, 5) is 23.5. The summed E-state index contributed by atoms with van der Waals surface area (Å²) in [5.74, 6) is 0.616. The van der Waals surface area contributed by atoms with E-state index in [1.807, 2.05) is 23.4 Å². The second kappa shape index (κ2) is 6.08. The van der Waals surface area contributed by atoms with Crippen molar-refractivity contribution in [2.24, 2.45) is 5.92 Å². The summed E-state index contributed by atoms with van der Waals surface area (Å²) in [5, 5.41) is 2.45. The predicted octanol–water partition coefficient (Wildman–Crippen LogP) is 3.40. The fourth-order valence-electron chi connectivity index (χ4n) is 3.31. The van der Waals surface area contributed by atoms with Gasteiger partial charge in [-0.15, -0.1) is 11.3 Å². The van der Waals surface area contributed by atoms with Crippen molar-refractivity contribution in [1.29, 1.82) is 0 Å². The van der Waals surface area contributed by atoms with E-state index >= 15 is 0 Å². The van der Waals surface area contributed by atoms with E-state index in [1.54, 1.807) is 11.7 Å². The highest BCUT2D eigenvalue weighted by Crippen LogP contribution is 2.26. The molecule has 1 fully saturated rings. The number of hydrogen-bond acceptors (Lipinski definition) is 4. The molecule has 4 rings (SSSR count). The first kappa shape index (κ1) is 14.3. The lowest BCUT2D eigenvalue weighted by molar-refractivity contribution is 0.0791. The third kappa shape index (κ3) is 2.84. The van der Waals surface area contributed by atoms with Gasteiger partial charge in [0.25, 0.3) is 5.91 Å². The summed E-state index contributed by atoms with van der Waals surface area (Å²) in [6.07, 6.45) is 7.56. The topological polar surface area (TPSA) is 46.1 Å². The van der Waals surface area contributed by atoms with Gasteiger partial charge in [-0.25, -0.2) is 0 Å². The maximum atomic E-state index is 12.4. The Morgan fingerprint density at radius 2 is 2.13 bits per heavy atom. The van der Waals surface area contributed by atoms with E-state index in [1.165, 1.54) is 27.7 Å². The maximum absolute atomic E-state index is 12.4. The molecular weight excluding hydrogens is 306 g/mol. The number of thiazole rings is 1. The third-order valence-corrected chi connectivity index (χ3v) is 5.24. The van der Waals surface area contributed by atoms with Crippen LogP contribution in [0, 0.1) is 5.92 Å². The highest BCUT2D eigenvalue weighted by Gasteiger charge is 2.28. The minimum Gasteiger partial charge on any atom is -0.338 e. The van der Waals surface area contributed by atoms with Crippen LogP contribution in [-0.4, -0.2) is 33.9 Å². The molecular formula is C18H17N3OS. The van der Waals surface area contributed by atoms with Crippen LogP contribution in [0.2, 0.25) is 0 Å². The molecule has 1 atom stereocenters. The van der Waals surface area contributed by atoms with Crippen LogP contribution in [0.4, 0.5) is 0 Å². The Balaban J connectivity index is 1.49. The predicted molar refractivity (Wildman–Crippen MR) is 91.6 cm³/mol. The first-order valence-electron chi connectivity index (χ1n) is 7.80. The fraction of sp³-hybridized carbons (Fsp3) is 0.278. The second-order valence-corrected chi connectivity index (χ2v) is 6.88. The Kier molecular flexibility index (Phi) is 3.79. The molecule has 3 aromatic rings. The molecule has 4 nitrogen and oxygen atoms in total. The van der Waals surface area contributed by atoms with Gasteiger partial charge < -0.3 is 4.90 Å². The number of pyridine rings is 1. The number of likely N-dealkylation sites (tertiary alicyclic amines) is 1. The molecule has 3 heterocycles. The van der Waals surface area contributed by atoms with Crippen LogP contribution in [0.3, 0.4) is 0 Å². The Morgan fingerprint density at radius 3 is 3.00 bits per heavy atom. The number of benzene rings is 1. The molecule has 1 aromatic carbocycles. The van der Waals surface area contributed by atoms with Crippen molar-refractivity contribution in [2.75, 3.05) is 13.1 Å². The Bertz CT molecular complexity index is 826. The maximum Gasteiger partial charge on any atom is 0.265 e. The van der Waals surface area contributed by atoms with Crippen LogP contribution < -0.4 is 0 Å². The normalized spacial score (nSPS) is 17.7. The average Bonchev–Trinajstić information content (AvgIpc) is 3.27. The number of nitrogens with zero attached hydrogens (tertiary/aromatic N) is 3. The molecule has 23 heavy (non-hydrogen) atoms. The summed E-state index contributed by atoms with van der Waals surface area (Å²) < 4.78 is 0. The van der Waals surface area contributed by atoms with Gasteiger partial charge in [0, 0.05) is 30.9 Å². The van der Waals surface area contributed by atoms with Gasteiger partial charge in [-0.3, -0.25) is 14.8 Å². The minimum absolute atomic E-state index is 0.117. The highest BCUT2D eigenvalue weighted by molar-refractivity contribution is 7.11. The number of hydrogen-bond donors (Lipinski definition) is 0. The Labute approximate surface area is 138 Å². The van der Waals surface area contributed by atoms with E-state index < -0.39 is 0 Å². The zero-order valence-electron chi connectivity index (χ0n) is 12.7. The SMILES string of the molecule is O=C(c1cncs1)N1CC[C@H](Cc2cncc3ccccc23)C1. The van der Waals surface area contributed by atoms with Crippen LogP contribution in [0.1, 0.15) is 21.7 Å². The van der Waals surface area contributed by atoms with Gasteiger partial charge in [0.1, 0.15) is 4.88 Å². The van der Waals surface area contributed by atoms with Crippen molar-refractivity contribution < 1.29 is 4.79 Å². The highest BCUT2D eigenvalue weighted by atomic mass is 32.1. The van der Waals surface area contributed by atoms with E-state index in [2.05, 4.69) is 28.2 Å². The van der Waals surface area contributed by atoms with Crippen molar-refractivity contribution >= 4 is 28.0 Å². The van der Waals surface area contributed by atoms with Gasteiger partial charge in [-0.2, -0.15) is 0 Å². The molecule has 0 radical (unpaired) electrons. The zero-order chi connectivity index (χ0) is 15.6. The minimum atomic E-state index is 0.117. The van der Waals surface area contributed by atoms with Gasteiger partial charge in [0.2, 0.25) is 0 Å². The third-order valence-electron chi connectivity index (χ3n) is 4.48. The lowest BCUT2D eigenvalue weighted by Gasteiger charge is -2.16. The molecule has 1 aliphatic rings. The second-order valence-electron chi connectivity index (χ2n) is 6.00. The number of fused-ring (bicyclic) bond motifs is 1. The largest absolute Gasteiger partial charge is 0.338 e. The molecule has 1 amide bonds. The van der Waals surface area contributed by atoms with Crippen LogP contribution in [0.15, 0.2) is 48.4 Å². The Morgan fingerprint density at radius 1 is 1.22 bits per heavy atom. The average molecular weight is 323 g/mol. The quantitative estimate of drug-likeness (QED) is 0.742. The summed E-state index contributed by atoms with van der Waals surface area (Å²) in [5.41, 5.74) is 2.99. The lowest BCUT2D eigenvalue weighted by atomic mass is 9.96. The summed E-state index contributed by atoms with van der Waals surface area (Å²) in [7, 11) is 0. The van der Waals surface area contributed by atoms with Crippen LogP contribution in [-0.2, 0) is 6.42 Å². The standard InChI is InChI=1S/C18H17N3OS/c22-18(17-10-20-12-23-17)21-6-5-13(11-21)7-15-9-19-8-14-3-1-2-4-16(14)15/h1-4,8-10,12-13H,5-7,11H2/t13-/m1/s1. The Hall–Kier alpha value is -2.27. The summed E-state index contributed by atoms with van der Waals surface area (Å²) in [6.45, 7) is 1.65. The van der Waals surface area contributed by atoms with Gasteiger partial charge in [-0.05, 0) is 29.7 Å². The zero-order valence-corrected chi connectivity index (χ0v) is 13.5. The smallest absolute Gasteiger partial charge is 0.265 e. The molecule has 1 saturated heterocycles. The number of carbonyl (C=O) groups is 1. The van der Waals surface area contributed by atoms with Crippen LogP contribution in [0.5, 0.6) is 0 Å². The summed E-state index contributed by atoms with van der Waals surface area (Å²) in [6, 6.07) is 8.36. The van der Waals surface area contributed by atoms with Crippen molar-refractivity contribution in [3.63, 3.8) is 0 Å². The van der Waals surface area contributed by atoms with Gasteiger partial charge in [-0.1, -0.05) is 24.3 Å². The molecule has 0 spiro atoms. The van der Waals surface area contributed by atoms with E-state index in [9.17, 15) is 4.79 Å². The van der Waals surface area contributed by atoms with E-state index in [0.29, 0.717) is 5.92 Å².